The fraction of sp³-hybridized carbons (Fsp3) is 0.794. The topological polar surface area (TPSA) is 162 Å². The molecule has 0 fully saturated rings. The molecule has 0 aliphatic carbocycles. The molecule has 3 rings (SSSR count). The van der Waals surface area contributed by atoms with Gasteiger partial charge in [0, 0.05) is 6.42 Å². The van der Waals surface area contributed by atoms with Crippen LogP contribution in [0.3, 0.4) is 0 Å². The molecule has 7 unspecified atom stereocenters. The average molecular weight is 1880 g/mol. The second-order valence-electron chi connectivity index (χ2n) is 51.1. The van der Waals surface area contributed by atoms with Gasteiger partial charge >= 0.3 is 0 Å². The predicted molar refractivity (Wildman–Crippen MR) is 595 cm³/mol. The zero-order chi connectivity index (χ0) is 106. The van der Waals surface area contributed by atoms with Crippen molar-refractivity contribution in [2.24, 2.45) is 189 Å². The minimum absolute atomic E-state index is 0.352. The van der Waals surface area contributed by atoms with Crippen LogP contribution in [0.5, 0.6) is 11.5 Å². The smallest absolute Gasteiger partial charge is 0.119 e. The lowest BCUT2D eigenvalue weighted by molar-refractivity contribution is 0.0636. The van der Waals surface area contributed by atoms with E-state index in [1.807, 2.05) is 71.9 Å². The Kier molecular flexibility index (Phi) is 70.0. The average Bonchev–Trinajstić information content (AvgIpc) is 0.833. The van der Waals surface area contributed by atoms with Gasteiger partial charge in [0.2, 0.25) is 0 Å². The second-order valence-corrected chi connectivity index (χ2v) is 51.1. The molecule has 0 radical (unpaired) electrons. The van der Waals surface area contributed by atoms with Crippen LogP contribution in [0.25, 0.3) is 0 Å². The number of rotatable bonds is 44. The number of hydrogen-bond acceptors (Lipinski definition) is 8. The first-order valence-corrected chi connectivity index (χ1v) is 54.1. The Labute approximate surface area is 837 Å². The molecule has 0 aliphatic heterocycles. The van der Waals surface area contributed by atoms with Crippen molar-refractivity contribution in [1.29, 1.82) is 0 Å². The van der Waals surface area contributed by atoms with Gasteiger partial charge < -0.3 is 40.9 Å². The summed E-state index contributed by atoms with van der Waals surface area (Å²) in [5.74, 6) is 29.2. The van der Waals surface area contributed by atoms with E-state index in [1.54, 1.807) is 71.9 Å². The third-order valence-electron chi connectivity index (χ3n) is 27.9. The van der Waals surface area contributed by atoms with Gasteiger partial charge in [-0.25, -0.2) is 0 Å². The Hall–Kier alpha value is -4.38. The fourth-order valence-corrected chi connectivity index (χ4v) is 24.1. The summed E-state index contributed by atoms with van der Waals surface area (Å²) in [4.78, 5) is 0. The van der Waals surface area contributed by atoms with Gasteiger partial charge in [-0.15, -0.1) is 17.4 Å². The Bertz CT molecular complexity index is 3410. The number of hydrogen-bond donors (Lipinski definition) is 8. The lowest BCUT2D eigenvalue weighted by Crippen LogP contribution is -2.25. The van der Waals surface area contributed by atoms with E-state index in [4.69, 9.17) is 0 Å². The summed E-state index contributed by atoms with van der Waals surface area (Å²) in [5.41, 5.74) is 7.01. The van der Waals surface area contributed by atoms with E-state index in [9.17, 15) is 40.9 Å². The minimum atomic E-state index is -0.856. The van der Waals surface area contributed by atoms with Crippen molar-refractivity contribution in [3.63, 3.8) is 0 Å². The van der Waals surface area contributed by atoms with E-state index in [1.165, 1.54) is 29.5 Å². The maximum atomic E-state index is 10.1. The van der Waals surface area contributed by atoms with Crippen LogP contribution in [0.2, 0.25) is 0 Å². The molecular formula is C126H232O8. The number of phenolic OH excluding ortho intramolecular Hbond substituents is 2. The molecule has 0 heterocycles. The van der Waals surface area contributed by atoms with Crippen molar-refractivity contribution >= 4 is 0 Å². The maximum absolute atomic E-state index is 10.1. The molecule has 3 aromatic rings. The first-order chi connectivity index (χ1) is 60.7. The number of phenols is 2. The first-order valence-electron chi connectivity index (χ1n) is 54.1. The van der Waals surface area contributed by atoms with Gasteiger partial charge in [-0.05, 0) is 375 Å². The Morgan fingerprint density at radius 1 is 0.276 bits per heavy atom. The highest BCUT2D eigenvalue weighted by Crippen LogP contribution is 2.39. The fourth-order valence-electron chi connectivity index (χ4n) is 24.1. The van der Waals surface area contributed by atoms with Crippen LogP contribution in [-0.2, 0) is 24.9 Å². The van der Waals surface area contributed by atoms with Gasteiger partial charge in [-0.3, -0.25) is 0 Å². The van der Waals surface area contributed by atoms with Crippen molar-refractivity contribution in [3.05, 3.63) is 131 Å². The van der Waals surface area contributed by atoms with E-state index in [0.717, 1.165) is 134 Å². The number of aromatic hydroxyl groups is 2. The zero-order valence-corrected chi connectivity index (χ0v) is 98.4. The van der Waals surface area contributed by atoms with E-state index >= 15 is 0 Å². The highest BCUT2D eigenvalue weighted by Gasteiger charge is 2.32. The van der Waals surface area contributed by atoms with Crippen LogP contribution >= 0.6 is 0 Å². The normalized spacial score (nSPS) is 14.3. The number of benzene rings is 3. The molecule has 3 aromatic carbocycles. The van der Waals surface area contributed by atoms with Crippen LogP contribution in [-0.4, -0.2) is 68.9 Å². The Morgan fingerprint density at radius 2 is 0.530 bits per heavy atom. The summed E-state index contributed by atoms with van der Waals surface area (Å²) in [6.07, 6.45) is 18.3. The van der Waals surface area contributed by atoms with Gasteiger partial charge in [0.05, 0.1) is 28.0 Å². The van der Waals surface area contributed by atoms with Crippen molar-refractivity contribution in [3.8, 4) is 23.3 Å². The highest BCUT2D eigenvalue weighted by atomic mass is 16.3. The molecule has 0 spiro atoms. The van der Waals surface area contributed by atoms with Crippen molar-refractivity contribution < 1.29 is 40.9 Å². The molecule has 134 heavy (non-hydrogen) atoms. The molecule has 784 valence electrons. The highest BCUT2D eigenvalue weighted by molar-refractivity contribution is 5.29. The molecule has 0 aliphatic rings. The van der Waals surface area contributed by atoms with E-state index in [0.29, 0.717) is 124 Å². The third-order valence-corrected chi connectivity index (χ3v) is 27.9. The zero-order valence-electron chi connectivity index (χ0n) is 98.4. The molecule has 8 nitrogen and oxygen atoms in total. The monoisotopic (exact) mass is 1870 g/mol. The first kappa shape index (κ1) is 138. The van der Waals surface area contributed by atoms with E-state index in [-0.39, 0.29) is 0 Å². The van der Waals surface area contributed by atoms with Gasteiger partial charge in [0.25, 0.3) is 0 Å². The third kappa shape index (κ3) is 67.1. The van der Waals surface area contributed by atoms with Crippen LogP contribution in [0.1, 0.15) is 427 Å². The quantitative estimate of drug-likeness (QED) is 0.0205. The Morgan fingerprint density at radius 3 is 0.776 bits per heavy atom. The summed E-state index contributed by atoms with van der Waals surface area (Å²) >= 11 is 0. The molecule has 8 heteroatoms. The minimum Gasteiger partial charge on any atom is -0.508 e. The van der Waals surface area contributed by atoms with Crippen molar-refractivity contribution in [2.75, 3.05) is 0 Å². The maximum Gasteiger partial charge on any atom is 0.119 e. The largest absolute Gasteiger partial charge is 0.508 e. The summed E-state index contributed by atoms with van der Waals surface area (Å²) in [6.45, 7) is 114. The molecule has 0 bridgehead atoms. The predicted octanol–water partition coefficient (Wildman–Crippen LogP) is 34.8. The second kappa shape index (κ2) is 67.9. The van der Waals surface area contributed by atoms with E-state index < -0.39 is 33.6 Å². The van der Waals surface area contributed by atoms with Gasteiger partial charge in [-0.2, -0.15) is 0 Å². The molecule has 8 N–H and O–H groups in total. The molecule has 0 saturated heterocycles. The van der Waals surface area contributed by atoms with Crippen LogP contribution < -0.4 is 0 Å². The van der Waals surface area contributed by atoms with Gasteiger partial charge in [0.15, 0.2) is 0 Å². The SMILES string of the molecule is CC(C)C(C(C)C)C(C)C=C=CC(C)(C)O.CC(C)C(C(C)C)C(C)C=C=CC(C)(C)O.CC(C)C(C(C)C)C(C)CC#CC(C)(C)O.CC(C)C(C(C)C)C(C)CCCC(C)(C)O.CC(C)C(C(C)C)C(C)Cc1ccc(O)cc1.CC(C)C(C(C)C)C(C)Cc1cccc(C(C)(C)O)c1.CC(C)C(C(C)C)C(C)Cc1cccc(O)c1.CC(C)C(C(C)C)[C@@H](C)CCCC(C)(C)O. The van der Waals surface area contributed by atoms with Crippen molar-refractivity contribution in [1.82, 2.24) is 0 Å². The molecule has 0 amide bonds. The molecule has 8 atom stereocenters. The summed E-state index contributed by atoms with van der Waals surface area (Å²) in [6, 6.07) is 23.7. The lowest BCUT2D eigenvalue weighted by atomic mass is 9.74. The van der Waals surface area contributed by atoms with Crippen LogP contribution in [0, 0.1) is 201 Å². The summed E-state index contributed by atoms with van der Waals surface area (Å²) in [7, 11) is 0. The molecule has 0 aromatic heterocycles. The van der Waals surface area contributed by atoms with Crippen LogP contribution in [0.15, 0.2) is 109 Å². The lowest BCUT2D eigenvalue weighted by Gasteiger charge is -2.31. The van der Waals surface area contributed by atoms with Crippen LogP contribution in [0.4, 0.5) is 0 Å². The van der Waals surface area contributed by atoms with Gasteiger partial charge in [0.1, 0.15) is 17.1 Å². The van der Waals surface area contributed by atoms with Gasteiger partial charge in [-0.1, -0.05) is 357 Å². The standard InChI is InChI=1S/C19H32O.2C16H26O.2C15H32O.3C15H28O/c1-13(2)18(14(3)4)15(5)11-16-9-8-10-17(12-16)19(6,7)20;1-11(2)16(12(3)4)13(5)10-14-6-8-15(17)9-7-14;1-11(2)16(12(3)4)13(5)9-14-7-6-8-15(17)10-14;5*1-11(2)14(12(3)4)13(5)9-8-10-15(6,7)16/h8-10,12-15,18,20H,11H2,1-7H3;6-9,11-13,16-17H,10H2,1-5H3;6-8,10-13,16-17H,9H2,1-5H3;2*11-14,16H,8-10H2,1-7H3;11-14,16H,9H2,1-7H3;2*9-14,16H,1-7H3/t;;;13-;;;;/m...0..../s1. The summed E-state index contributed by atoms with van der Waals surface area (Å²) < 4.78 is 0. The van der Waals surface area contributed by atoms with Crippen molar-refractivity contribution in [2.45, 2.75) is 458 Å². The molecule has 0 saturated carbocycles. The summed E-state index contributed by atoms with van der Waals surface area (Å²) in [5, 5.41) is 76.9. The number of aliphatic hydroxyl groups is 6. The molecular weight excluding hydrogens is 1640 g/mol. The Balaban J connectivity index is -0.000000474. The van der Waals surface area contributed by atoms with E-state index in [2.05, 4.69) is 337 Å².